The number of carbonyl (C=O) groups excluding carboxylic acids is 1. The quantitative estimate of drug-likeness (QED) is 0.345. The molecule has 2 rings (SSSR count). The molecule has 1 atom stereocenters. The van der Waals surface area contributed by atoms with Crippen molar-refractivity contribution in [1.29, 1.82) is 0 Å². The molecular formula is C24H30N2O7. The highest BCUT2D eigenvalue weighted by Gasteiger charge is 2.22. The van der Waals surface area contributed by atoms with E-state index in [1.165, 1.54) is 6.08 Å². The highest BCUT2D eigenvalue weighted by molar-refractivity contribution is 5.96. The molecule has 178 valence electrons. The standard InChI is InChI=1S/C24H30N2O7/c1-5-26(6-2)15-7-8-16-18(11-14(3)4)17(24(32)33-20(16)12-15)9-10-21(27)25-19(23(30)31)13-22(28)29/h7-10,12,14,19H,5-6,11,13H2,1-4H3,(H,25,27)(H,28,29)(H,30,31)/b10-9+. The van der Waals surface area contributed by atoms with E-state index in [1.807, 2.05) is 45.9 Å². The second-order valence-electron chi connectivity index (χ2n) is 8.06. The zero-order chi connectivity index (χ0) is 24.7. The third kappa shape index (κ3) is 6.68. The molecule has 2 aromatic rings. The van der Waals surface area contributed by atoms with Crippen LogP contribution in [-0.4, -0.2) is 47.2 Å². The number of aliphatic carboxylic acids is 2. The van der Waals surface area contributed by atoms with Gasteiger partial charge in [-0.15, -0.1) is 0 Å². The minimum absolute atomic E-state index is 0.201. The SMILES string of the molecule is CCN(CC)c1ccc2c(CC(C)C)c(/C=C/C(=O)NC(CC(=O)O)C(=O)O)c(=O)oc2c1. The molecule has 0 fully saturated rings. The van der Waals surface area contributed by atoms with E-state index < -0.39 is 35.9 Å². The molecule has 3 N–H and O–H groups in total. The highest BCUT2D eigenvalue weighted by Crippen LogP contribution is 2.27. The molecule has 0 aliphatic rings. The van der Waals surface area contributed by atoms with Gasteiger partial charge in [-0.3, -0.25) is 9.59 Å². The maximum Gasteiger partial charge on any atom is 0.343 e. The molecule has 0 spiro atoms. The fourth-order valence-corrected chi connectivity index (χ4v) is 3.60. The van der Waals surface area contributed by atoms with Crippen LogP contribution in [0.2, 0.25) is 0 Å². The summed E-state index contributed by atoms with van der Waals surface area (Å²) in [5.74, 6) is -3.43. The number of hydrogen-bond acceptors (Lipinski definition) is 6. The number of anilines is 1. The number of carbonyl (C=O) groups is 3. The predicted molar refractivity (Wildman–Crippen MR) is 125 cm³/mol. The minimum Gasteiger partial charge on any atom is -0.481 e. The molecule has 0 bridgehead atoms. The topological polar surface area (TPSA) is 137 Å². The Morgan fingerprint density at radius 2 is 1.82 bits per heavy atom. The Balaban J connectivity index is 2.48. The first-order valence-electron chi connectivity index (χ1n) is 10.8. The van der Waals surface area contributed by atoms with Crippen molar-refractivity contribution in [3.8, 4) is 0 Å². The van der Waals surface area contributed by atoms with Gasteiger partial charge in [0.15, 0.2) is 0 Å². The number of nitrogens with one attached hydrogen (secondary N) is 1. The molecular weight excluding hydrogens is 428 g/mol. The van der Waals surface area contributed by atoms with Crippen molar-refractivity contribution < 1.29 is 29.0 Å². The average molecular weight is 459 g/mol. The number of rotatable bonds is 11. The van der Waals surface area contributed by atoms with Gasteiger partial charge in [-0.1, -0.05) is 13.8 Å². The lowest BCUT2D eigenvalue weighted by molar-refractivity contribution is -0.146. The summed E-state index contributed by atoms with van der Waals surface area (Å²) < 4.78 is 5.56. The van der Waals surface area contributed by atoms with Crippen molar-refractivity contribution in [2.75, 3.05) is 18.0 Å². The highest BCUT2D eigenvalue weighted by atomic mass is 16.4. The van der Waals surface area contributed by atoms with E-state index in [4.69, 9.17) is 14.6 Å². The van der Waals surface area contributed by atoms with Gasteiger partial charge in [0, 0.05) is 36.3 Å². The first kappa shape index (κ1) is 25.6. The van der Waals surface area contributed by atoms with Crippen LogP contribution in [0.5, 0.6) is 0 Å². The molecule has 33 heavy (non-hydrogen) atoms. The fourth-order valence-electron chi connectivity index (χ4n) is 3.60. The molecule has 9 nitrogen and oxygen atoms in total. The lowest BCUT2D eigenvalue weighted by atomic mass is 9.95. The maximum atomic E-state index is 12.8. The molecule has 0 aliphatic carbocycles. The number of fused-ring (bicyclic) bond motifs is 1. The van der Waals surface area contributed by atoms with E-state index in [0.29, 0.717) is 12.0 Å². The number of carboxylic acids is 2. The molecule has 1 unspecified atom stereocenters. The number of benzene rings is 1. The lowest BCUT2D eigenvalue weighted by Gasteiger charge is -2.21. The smallest absolute Gasteiger partial charge is 0.343 e. The zero-order valence-corrected chi connectivity index (χ0v) is 19.3. The summed E-state index contributed by atoms with van der Waals surface area (Å²) in [7, 11) is 0. The number of amides is 1. The Morgan fingerprint density at radius 3 is 2.36 bits per heavy atom. The molecule has 0 saturated heterocycles. The fraction of sp³-hybridized carbons (Fsp3) is 0.417. The Hall–Kier alpha value is -3.62. The molecule has 0 radical (unpaired) electrons. The zero-order valence-electron chi connectivity index (χ0n) is 19.3. The van der Waals surface area contributed by atoms with Gasteiger partial charge in [-0.2, -0.15) is 0 Å². The summed E-state index contributed by atoms with van der Waals surface area (Å²) in [5.41, 5.74) is 1.71. The van der Waals surface area contributed by atoms with Crippen LogP contribution in [0.4, 0.5) is 5.69 Å². The van der Waals surface area contributed by atoms with Crippen LogP contribution < -0.4 is 15.8 Å². The molecule has 9 heteroatoms. The summed E-state index contributed by atoms with van der Waals surface area (Å²) in [6.07, 6.45) is 2.10. The van der Waals surface area contributed by atoms with Crippen LogP contribution in [0, 0.1) is 5.92 Å². The molecule has 0 saturated carbocycles. The summed E-state index contributed by atoms with van der Waals surface area (Å²) >= 11 is 0. The van der Waals surface area contributed by atoms with E-state index in [-0.39, 0.29) is 11.5 Å². The monoisotopic (exact) mass is 458 g/mol. The Morgan fingerprint density at radius 1 is 1.15 bits per heavy atom. The average Bonchev–Trinajstić information content (AvgIpc) is 2.72. The number of nitrogens with zero attached hydrogens (tertiary/aromatic N) is 1. The van der Waals surface area contributed by atoms with Gasteiger partial charge < -0.3 is 24.8 Å². The van der Waals surface area contributed by atoms with Gasteiger partial charge in [0.05, 0.1) is 12.0 Å². The van der Waals surface area contributed by atoms with Gasteiger partial charge in [0.1, 0.15) is 11.6 Å². The lowest BCUT2D eigenvalue weighted by Crippen LogP contribution is -2.41. The van der Waals surface area contributed by atoms with Gasteiger partial charge in [-0.25, -0.2) is 9.59 Å². The van der Waals surface area contributed by atoms with Crippen molar-refractivity contribution in [3.63, 3.8) is 0 Å². The minimum atomic E-state index is -1.58. The van der Waals surface area contributed by atoms with Crippen molar-refractivity contribution in [1.82, 2.24) is 5.32 Å². The summed E-state index contributed by atoms with van der Waals surface area (Å²) in [6, 6.07) is 4.11. The van der Waals surface area contributed by atoms with E-state index in [9.17, 15) is 19.2 Å². The van der Waals surface area contributed by atoms with Crippen molar-refractivity contribution in [3.05, 3.63) is 45.8 Å². The second-order valence-corrected chi connectivity index (χ2v) is 8.06. The molecule has 1 aromatic carbocycles. The van der Waals surface area contributed by atoms with Crippen molar-refractivity contribution in [2.24, 2.45) is 5.92 Å². The van der Waals surface area contributed by atoms with Gasteiger partial charge in [0.25, 0.3) is 0 Å². The Kier molecular flexibility index (Phi) is 8.78. The summed E-state index contributed by atoms with van der Waals surface area (Å²) in [6.45, 7) is 9.71. The van der Waals surface area contributed by atoms with Crippen LogP contribution in [0.3, 0.4) is 0 Å². The third-order valence-electron chi connectivity index (χ3n) is 5.17. The maximum absolute atomic E-state index is 12.8. The van der Waals surface area contributed by atoms with Gasteiger partial charge >= 0.3 is 17.6 Å². The molecule has 1 amide bonds. The van der Waals surface area contributed by atoms with Crippen LogP contribution >= 0.6 is 0 Å². The third-order valence-corrected chi connectivity index (χ3v) is 5.17. The van der Waals surface area contributed by atoms with E-state index in [2.05, 4.69) is 10.2 Å². The first-order chi connectivity index (χ1) is 15.6. The summed E-state index contributed by atoms with van der Waals surface area (Å²) in [5, 5.41) is 20.8. The largest absolute Gasteiger partial charge is 0.481 e. The van der Waals surface area contributed by atoms with Crippen LogP contribution in [0.15, 0.2) is 33.5 Å². The number of hydrogen-bond donors (Lipinski definition) is 3. The predicted octanol–water partition coefficient (Wildman–Crippen LogP) is 2.90. The van der Waals surface area contributed by atoms with Crippen molar-refractivity contribution >= 4 is 40.6 Å². The van der Waals surface area contributed by atoms with Gasteiger partial charge in [0.2, 0.25) is 5.91 Å². The van der Waals surface area contributed by atoms with Gasteiger partial charge in [-0.05, 0) is 50.0 Å². The Labute approximate surface area is 191 Å². The molecule has 1 heterocycles. The molecule has 1 aromatic heterocycles. The number of carboxylic acid groups (broad SMARTS) is 2. The summed E-state index contributed by atoms with van der Waals surface area (Å²) in [4.78, 5) is 49.1. The van der Waals surface area contributed by atoms with Crippen LogP contribution in [-0.2, 0) is 20.8 Å². The Bertz CT molecular complexity index is 1110. The van der Waals surface area contributed by atoms with Crippen LogP contribution in [0.1, 0.15) is 45.2 Å². The van der Waals surface area contributed by atoms with E-state index in [1.54, 1.807) is 0 Å². The normalized spacial score (nSPS) is 12.3. The van der Waals surface area contributed by atoms with E-state index in [0.717, 1.165) is 35.8 Å². The van der Waals surface area contributed by atoms with Crippen molar-refractivity contribution in [2.45, 2.75) is 46.6 Å². The van der Waals surface area contributed by atoms with E-state index >= 15 is 0 Å². The second kappa shape index (κ2) is 11.3. The molecule has 0 aliphatic heterocycles. The first-order valence-corrected chi connectivity index (χ1v) is 10.8. The van der Waals surface area contributed by atoms with Crippen LogP contribution in [0.25, 0.3) is 17.0 Å².